The van der Waals surface area contributed by atoms with Gasteiger partial charge >= 0.3 is 0 Å². The Balaban J connectivity index is 1.73. The Bertz CT molecular complexity index is 919. The number of H-pyrrole nitrogens is 1. The molecule has 0 saturated carbocycles. The lowest BCUT2D eigenvalue weighted by Crippen LogP contribution is -2.27. The van der Waals surface area contributed by atoms with E-state index in [9.17, 15) is 4.79 Å². The number of amides is 1. The zero-order chi connectivity index (χ0) is 19.4. The summed E-state index contributed by atoms with van der Waals surface area (Å²) in [7, 11) is 1.73. The SMILES string of the molecule is CC(C)Cc1cc(C(=O)N(C)Cc2cc(-c3ccccc3)n[nH]2)nc(N)n1. The molecule has 1 amide bonds. The minimum Gasteiger partial charge on any atom is -0.368 e. The predicted octanol–water partition coefficient (Wildman–Crippen LogP) is 2.92. The maximum atomic E-state index is 12.8. The number of nitrogens with one attached hydrogen (secondary N) is 1. The summed E-state index contributed by atoms with van der Waals surface area (Å²) in [5.41, 5.74) is 9.58. The largest absolute Gasteiger partial charge is 0.368 e. The van der Waals surface area contributed by atoms with Gasteiger partial charge in [-0.05, 0) is 24.5 Å². The highest BCUT2D eigenvalue weighted by atomic mass is 16.2. The molecule has 0 unspecified atom stereocenters. The summed E-state index contributed by atoms with van der Waals surface area (Å²) in [6, 6.07) is 13.5. The summed E-state index contributed by atoms with van der Waals surface area (Å²) in [6.07, 6.45) is 0.748. The lowest BCUT2D eigenvalue weighted by atomic mass is 10.1. The highest BCUT2D eigenvalue weighted by Crippen LogP contribution is 2.18. The van der Waals surface area contributed by atoms with Gasteiger partial charge in [0.2, 0.25) is 5.95 Å². The highest BCUT2D eigenvalue weighted by molar-refractivity contribution is 5.92. The van der Waals surface area contributed by atoms with Crippen LogP contribution >= 0.6 is 0 Å². The fraction of sp³-hybridized carbons (Fsp3) is 0.300. The van der Waals surface area contributed by atoms with Gasteiger partial charge in [0, 0.05) is 18.3 Å². The average molecular weight is 364 g/mol. The number of nitrogen functional groups attached to an aromatic ring is 1. The van der Waals surface area contributed by atoms with Crippen molar-refractivity contribution >= 4 is 11.9 Å². The Morgan fingerprint density at radius 1 is 1.19 bits per heavy atom. The lowest BCUT2D eigenvalue weighted by molar-refractivity contribution is 0.0777. The number of aromatic nitrogens is 4. The van der Waals surface area contributed by atoms with Crippen LogP contribution in [0.4, 0.5) is 5.95 Å². The van der Waals surface area contributed by atoms with E-state index in [0.29, 0.717) is 18.2 Å². The van der Waals surface area contributed by atoms with Crippen LogP contribution in [-0.4, -0.2) is 38.0 Å². The fourth-order valence-electron chi connectivity index (χ4n) is 2.87. The molecule has 3 aromatic rings. The summed E-state index contributed by atoms with van der Waals surface area (Å²) < 4.78 is 0. The monoisotopic (exact) mass is 364 g/mol. The molecule has 140 valence electrons. The second-order valence-corrected chi connectivity index (χ2v) is 7.01. The molecule has 0 spiro atoms. The predicted molar refractivity (Wildman–Crippen MR) is 105 cm³/mol. The number of hydrogen-bond acceptors (Lipinski definition) is 5. The molecule has 0 saturated heterocycles. The topological polar surface area (TPSA) is 101 Å². The normalized spacial score (nSPS) is 11.0. The molecule has 2 heterocycles. The molecule has 0 aliphatic heterocycles. The molecule has 3 rings (SSSR count). The van der Waals surface area contributed by atoms with Gasteiger partial charge in [-0.25, -0.2) is 9.97 Å². The Labute approximate surface area is 158 Å². The molecule has 0 fully saturated rings. The molecule has 0 aliphatic rings. The summed E-state index contributed by atoms with van der Waals surface area (Å²) in [5, 5.41) is 7.31. The molecule has 0 aliphatic carbocycles. The zero-order valence-electron chi connectivity index (χ0n) is 15.8. The van der Waals surface area contributed by atoms with Crippen LogP contribution in [0.1, 0.15) is 35.7 Å². The van der Waals surface area contributed by atoms with Crippen LogP contribution in [0.5, 0.6) is 0 Å². The molecular formula is C20H24N6O. The van der Waals surface area contributed by atoms with E-state index in [2.05, 4.69) is 34.0 Å². The third-order valence-corrected chi connectivity index (χ3v) is 4.09. The van der Waals surface area contributed by atoms with Gasteiger partial charge < -0.3 is 10.6 Å². The van der Waals surface area contributed by atoms with E-state index in [1.54, 1.807) is 18.0 Å². The second kappa shape index (κ2) is 7.99. The summed E-state index contributed by atoms with van der Waals surface area (Å²) in [4.78, 5) is 22.7. The molecular weight excluding hydrogens is 340 g/mol. The third-order valence-electron chi connectivity index (χ3n) is 4.09. The molecule has 3 N–H and O–H groups in total. The number of carbonyl (C=O) groups excluding carboxylic acids is 1. The van der Waals surface area contributed by atoms with Crippen LogP contribution in [0, 0.1) is 5.92 Å². The van der Waals surface area contributed by atoms with Crippen LogP contribution in [0.15, 0.2) is 42.5 Å². The van der Waals surface area contributed by atoms with Crippen LogP contribution in [0.3, 0.4) is 0 Å². The van der Waals surface area contributed by atoms with Crippen molar-refractivity contribution in [2.24, 2.45) is 5.92 Å². The number of nitrogens with two attached hydrogens (primary N) is 1. The highest BCUT2D eigenvalue weighted by Gasteiger charge is 2.17. The van der Waals surface area contributed by atoms with E-state index < -0.39 is 0 Å². The van der Waals surface area contributed by atoms with Gasteiger partial charge in [-0.1, -0.05) is 44.2 Å². The lowest BCUT2D eigenvalue weighted by Gasteiger charge is -2.16. The van der Waals surface area contributed by atoms with Gasteiger partial charge in [-0.2, -0.15) is 5.10 Å². The molecule has 2 aromatic heterocycles. The van der Waals surface area contributed by atoms with Crippen molar-refractivity contribution in [2.75, 3.05) is 12.8 Å². The first-order chi connectivity index (χ1) is 12.9. The van der Waals surface area contributed by atoms with Crippen molar-refractivity contribution in [2.45, 2.75) is 26.8 Å². The van der Waals surface area contributed by atoms with Crippen LogP contribution in [0.25, 0.3) is 11.3 Å². The van der Waals surface area contributed by atoms with Crippen LogP contribution in [-0.2, 0) is 13.0 Å². The number of hydrogen-bond donors (Lipinski definition) is 2. The van der Waals surface area contributed by atoms with E-state index >= 15 is 0 Å². The summed E-state index contributed by atoms with van der Waals surface area (Å²) >= 11 is 0. The second-order valence-electron chi connectivity index (χ2n) is 7.01. The van der Waals surface area contributed by atoms with E-state index in [4.69, 9.17) is 5.73 Å². The van der Waals surface area contributed by atoms with Gasteiger partial charge in [0.25, 0.3) is 5.91 Å². The van der Waals surface area contributed by atoms with Gasteiger partial charge in [0.15, 0.2) is 0 Å². The number of nitrogens with zero attached hydrogens (tertiary/aromatic N) is 4. The number of aromatic amines is 1. The molecule has 1 aromatic carbocycles. The van der Waals surface area contributed by atoms with Crippen molar-refractivity contribution in [1.29, 1.82) is 0 Å². The van der Waals surface area contributed by atoms with E-state index in [1.165, 1.54) is 0 Å². The maximum Gasteiger partial charge on any atom is 0.272 e. The first-order valence-corrected chi connectivity index (χ1v) is 8.91. The van der Waals surface area contributed by atoms with E-state index in [0.717, 1.165) is 29.1 Å². The Morgan fingerprint density at radius 3 is 2.63 bits per heavy atom. The van der Waals surface area contributed by atoms with Gasteiger partial charge in [0.05, 0.1) is 17.9 Å². The third kappa shape index (κ3) is 4.69. The van der Waals surface area contributed by atoms with Gasteiger partial charge in [0.1, 0.15) is 5.69 Å². The summed E-state index contributed by atoms with van der Waals surface area (Å²) in [6.45, 7) is 4.57. The summed E-state index contributed by atoms with van der Waals surface area (Å²) in [5.74, 6) is 0.337. The Morgan fingerprint density at radius 2 is 1.93 bits per heavy atom. The molecule has 7 nitrogen and oxygen atoms in total. The number of rotatable bonds is 6. The zero-order valence-corrected chi connectivity index (χ0v) is 15.8. The van der Waals surface area contributed by atoms with Crippen LogP contribution in [0.2, 0.25) is 0 Å². The number of carbonyl (C=O) groups is 1. The standard InChI is InChI=1S/C20H24N6O/c1-13(2)9-15-10-18(23-20(21)22-15)19(27)26(3)12-16-11-17(25-24-16)14-7-5-4-6-8-14/h4-8,10-11,13H,9,12H2,1-3H3,(H,24,25)(H2,21,22,23). The molecule has 7 heteroatoms. The van der Waals surface area contributed by atoms with Crippen molar-refractivity contribution in [1.82, 2.24) is 25.1 Å². The molecule has 27 heavy (non-hydrogen) atoms. The maximum absolute atomic E-state index is 12.8. The fourth-order valence-corrected chi connectivity index (χ4v) is 2.87. The molecule has 0 radical (unpaired) electrons. The minimum atomic E-state index is -0.204. The van der Waals surface area contributed by atoms with Crippen LogP contribution < -0.4 is 5.73 Å². The van der Waals surface area contributed by atoms with Gasteiger partial charge in [-0.3, -0.25) is 9.89 Å². The Kier molecular flexibility index (Phi) is 5.49. The van der Waals surface area contributed by atoms with E-state index in [-0.39, 0.29) is 11.9 Å². The Hall–Kier alpha value is -3.22. The molecule has 0 bridgehead atoms. The first-order valence-electron chi connectivity index (χ1n) is 8.91. The average Bonchev–Trinajstić information content (AvgIpc) is 3.09. The first kappa shape index (κ1) is 18.6. The van der Waals surface area contributed by atoms with Gasteiger partial charge in [-0.15, -0.1) is 0 Å². The van der Waals surface area contributed by atoms with Crippen molar-refractivity contribution in [3.05, 3.63) is 59.5 Å². The number of anilines is 1. The molecule has 0 atom stereocenters. The van der Waals surface area contributed by atoms with Crippen molar-refractivity contribution < 1.29 is 4.79 Å². The minimum absolute atomic E-state index is 0.123. The van der Waals surface area contributed by atoms with E-state index in [1.807, 2.05) is 36.4 Å². The number of benzene rings is 1. The van der Waals surface area contributed by atoms with Crippen molar-refractivity contribution in [3.8, 4) is 11.3 Å². The quantitative estimate of drug-likeness (QED) is 0.700. The van der Waals surface area contributed by atoms with Crippen molar-refractivity contribution in [3.63, 3.8) is 0 Å². The smallest absolute Gasteiger partial charge is 0.272 e.